The first-order valence-corrected chi connectivity index (χ1v) is 5.80. The van der Waals surface area contributed by atoms with E-state index >= 15 is 0 Å². The number of likely N-dealkylation sites (N-methyl/N-ethyl adjacent to an activating group) is 1. The van der Waals surface area contributed by atoms with Crippen LogP contribution in [0.3, 0.4) is 0 Å². The van der Waals surface area contributed by atoms with E-state index in [0.717, 1.165) is 32.0 Å². The van der Waals surface area contributed by atoms with Gasteiger partial charge in [-0.3, -0.25) is 4.99 Å². The lowest BCUT2D eigenvalue weighted by Crippen LogP contribution is -2.44. The lowest BCUT2D eigenvalue weighted by molar-refractivity contribution is -0.0762. The van der Waals surface area contributed by atoms with Gasteiger partial charge in [0.05, 0.1) is 12.1 Å². The molecule has 1 N–H and O–H groups in total. The molecule has 0 aromatic carbocycles. The molecule has 1 fully saturated rings. The standard InChI is InChI=1S/C11H21N3O/c1-14-9-8-13-10(14)12-7-6-11(15-2)4-3-5-11/h3-9H2,1-2H3,(H,12,13). The summed E-state index contributed by atoms with van der Waals surface area (Å²) in [6.07, 6.45) is 4.84. The lowest BCUT2D eigenvalue weighted by Gasteiger charge is -2.40. The molecule has 0 aromatic rings. The Morgan fingerprint density at radius 3 is 2.80 bits per heavy atom. The number of guanidine groups is 1. The Hall–Kier alpha value is -0.770. The fourth-order valence-electron chi connectivity index (χ4n) is 2.25. The topological polar surface area (TPSA) is 36.9 Å². The van der Waals surface area contributed by atoms with E-state index in [0.29, 0.717) is 0 Å². The van der Waals surface area contributed by atoms with Crippen LogP contribution < -0.4 is 5.32 Å². The third-order valence-electron chi connectivity index (χ3n) is 3.62. The molecule has 0 bridgehead atoms. The average molecular weight is 211 g/mol. The first-order valence-electron chi connectivity index (χ1n) is 5.80. The molecule has 0 aromatic heterocycles. The van der Waals surface area contributed by atoms with Crippen molar-refractivity contribution in [1.29, 1.82) is 0 Å². The molecule has 0 spiro atoms. The molecule has 0 saturated heterocycles. The van der Waals surface area contributed by atoms with Gasteiger partial charge in [0.2, 0.25) is 0 Å². The van der Waals surface area contributed by atoms with Crippen molar-refractivity contribution in [3.05, 3.63) is 0 Å². The highest BCUT2D eigenvalue weighted by molar-refractivity contribution is 5.81. The molecule has 15 heavy (non-hydrogen) atoms. The molecule has 4 nitrogen and oxygen atoms in total. The molecule has 1 aliphatic heterocycles. The van der Waals surface area contributed by atoms with Crippen LogP contribution in [0.15, 0.2) is 4.99 Å². The Bertz CT molecular complexity index is 243. The van der Waals surface area contributed by atoms with E-state index in [2.05, 4.69) is 22.3 Å². The molecule has 86 valence electrons. The highest BCUT2D eigenvalue weighted by atomic mass is 16.5. The van der Waals surface area contributed by atoms with E-state index in [1.54, 1.807) is 0 Å². The molecule has 0 atom stereocenters. The Morgan fingerprint density at radius 1 is 1.53 bits per heavy atom. The van der Waals surface area contributed by atoms with Gasteiger partial charge in [0, 0.05) is 27.2 Å². The van der Waals surface area contributed by atoms with Crippen molar-refractivity contribution in [1.82, 2.24) is 10.2 Å². The van der Waals surface area contributed by atoms with Crippen molar-refractivity contribution in [2.24, 2.45) is 4.99 Å². The van der Waals surface area contributed by atoms with Crippen LogP contribution in [-0.4, -0.2) is 50.3 Å². The minimum atomic E-state index is 0.171. The van der Waals surface area contributed by atoms with Crippen LogP contribution >= 0.6 is 0 Å². The second kappa shape index (κ2) is 4.39. The first kappa shape index (κ1) is 10.7. The molecular formula is C11H21N3O. The van der Waals surface area contributed by atoms with Crippen LogP contribution in [-0.2, 0) is 4.74 Å². The van der Waals surface area contributed by atoms with Crippen molar-refractivity contribution in [2.45, 2.75) is 31.3 Å². The summed E-state index contributed by atoms with van der Waals surface area (Å²) in [5.74, 6) is 1.04. The van der Waals surface area contributed by atoms with E-state index in [1.165, 1.54) is 19.3 Å². The number of hydrogen-bond acceptors (Lipinski definition) is 4. The van der Waals surface area contributed by atoms with Crippen LogP contribution in [0.25, 0.3) is 0 Å². The highest BCUT2D eigenvalue weighted by Crippen LogP contribution is 2.37. The summed E-state index contributed by atoms with van der Waals surface area (Å²) in [6.45, 7) is 2.93. The average Bonchev–Trinajstić information content (AvgIpc) is 2.57. The number of methoxy groups -OCH3 is 1. The quantitative estimate of drug-likeness (QED) is 0.748. The van der Waals surface area contributed by atoms with Gasteiger partial charge in [-0.1, -0.05) is 0 Å². The van der Waals surface area contributed by atoms with Crippen LogP contribution in [0.5, 0.6) is 0 Å². The fraction of sp³-hybridized carbons (Fsp3) is 0.909. The van der Waals surface area contributed by atoms with Gasteiger partial charge in [-0.2, -0.15) is 0 Å². The molecule has 2 aliphatic rings. The van der Waals surface area contributed by atoms with Gasteiger partial charge in [-0.15, -0.1) is 0 Å². The summed E-state index contributed by atoms with van der Waals surface area (Å²) in [4.78, 5) is 6.56. The van der Waals surface area contributed by atoms with Crippen molar-refractivity contribution >= 4 is 5.96 Å². The Morgan fingerprint density at radius 2 is 2.33 bits per heavy atom. The van der Waals surface area contributed by atoms with E-state index in [4.69, 9.17) is 4.74 Å². The molecule has 1 aliphatic carbocycles. The summed E-state index contributed by atoms with van der Waals surface area (Å²) in [6, 6.07) is 0. The maximum absolute atomic E-state index is 5.57. The van der Waals surface area contributed by atoms with Gasteiger partial charge in [-0.05, 0) is 25.7 Å². The van der Waals surface area contributed by atoms with Crippen LogP contribution in [0.1, 0.15) is 25.7 Å². The minimum absolute atomic E-state index is 0.171. The maximum atomic E-state index is 5.57. The zero-order valence-corrected chi connectivity index (χ0v) is 9.75. The van der Waals surface area contributed by atoms with Crippen molar-refractivity contribution in [3.8, 4) is 0 Å². The molecule has 0 unspecified atom stereocenters. The van der Waals surface area contributed by atoms with Gasteiger partial charge < -0.3 is 15.0 Å². The SMILES string of the molecule is COC1(CCNC2=NCCN2C)CCC1. The number of hydrogen-bond donors (Lipinski definition) is 1. The van der Waals surface area contributed by atoms with Crippen molar-refractivity contribution in [3.63, 3.8) is 0 Å². The van der Waals surface area contributed by atoms with Crippen LogP contribution in [0, 0.1) is 0 Å². The molecule has 0 amide bonds. The summed E-state index contributed by atoms with van der Waals surface area (Å²) < 4.78 is 5.57. The first-order chi connectivity index (χ1) is 7.26. The molecule has 0 radical (unpaired) electrons. The Balaban J connectivity index is 1.70. The monoisotopic (exact) mass is 211 g/mol. The number of rotatable bonds is 4. The van der Waals surface area contributed by atoms with Gasteiger partial charge in [0.1, 0.15) is 0 Å². The normalized spacial score (nSPS) is 23.6. The Kier molecular flexibility index (Phi) is 3.14. The van der Waals surface area contributed by atoms with E-state index in [1.807, 2.05) is 7.11 Å². The summed E-state index contributed by atoms with van der Waals surface area (Å²) in [5, 5.41) is 3.39. The smallest absolute Gasteiger partial charge is 0.193 e. The maximum Gasteiger partial charge on any atom is 0.193 e. The number of ether oxygens (including phenoxy) is 1. The van der Waals surface area contributed by atoms with E-state index < -0.39 is 0 Å². The zero-order valence-electron chi connectivity index (χ0n) is 9.75. The lowest BCUT2D eigenvalue weighted by atomic mass is 9.77. The molecule has 4 heteroatoms. The van der Waals surface area contributed by atoms with Crippen LogP contribution in [0.2, 0.25) is 0 Å². The molecule has 1 saturated carbocycles. The summed E-state index contributed by atoms with van der Waals surface area (Å²) in [7, 11) is 3.91. The third kappa shape index (κ3) is 2.25. The minimum Gasteiger partial charge on any atom is -0.378 e. The second-order valence-electron chi connectivity index (χ2n) is 4.54. The predicted octanol–water partition coefficient (Wildman–Crippen LogP) is 0.837. The summed E-state index contributed by atoms with van der Waals surface area (Å²) in [5.41, 5.74) is 0.171. The number of aliphatic imine (C=N–C) groups is 1. The van der Waals surface area contributed by atoms with E-state index in [9.17, 15) is 0 Å². The molecule has 2 rings (SSSR count). The van der Waals surface area contributed by atoms with Crippen LogP contribution in [0.4, 0.5) is 0 Å². The largest absolute Gasteiger partial charge is 0.378 e. The second-order valence-corrected chi connectivity index (χ2v) is 4.54. The van der Waals surface area contributed by atoms with Gasteiger partial charge in [0.15, 0.2) is 5.96 Å². The summed E-state index contributed by atoms with van der Waals surface area (Å²) >= 11 is 0. The Labute approximate surface area is 91.7 Å². The van der Waals surface area contributed by atoms with Gasteiger partial charge in [0.25, 0.3) is 0 Å². The highest BCUT2D eigenvalue weighted by Gasteiger charge is 2.36. The number of nitrogens with one attached hydrogen (secondary N) is 1. The van der Waals surface area contributed by atoms with Crippen molar-refractivity contribution in [2.75, 3.05) is 33.8 Å². The third-order valence-corrected chi connectivity index (χ3v) is 3.62. The van der Waals surface area contributed by atoms with Crippen molar-refractivity contribution < 1.29 is 4.74 Å². The fourth-order valence-corrected chi connectivity index (χ4v) is 2.25. The van der Waals surface area contributed by atoms with E-state index in [-0.39, 0.29) is 5.60 Å². The molecular weight excluding hydrogens is 190 g/mol. The predicted molar refractivity (Wildman–Crippen MR) is 61.1 cm³/mol. The molecule has 1 heterocycles. The number of nitrogens with zero attached hydrogens (tertiary/aromatic N) is 2. The van der Waals surface area contributed by atoms with Gasteiger partial charge >= 0.3 is 0 Å². The van der Waals surface area contributed by atoms with Gasteiger partial charge in [-0.25, -0.2) is 0 Å². The zero-order chi connectivity index (χ0) is 10.7.